The number of benzene rings is 1. The van der Waals surface area contributed by atoms with Gasteiger partial charge in [-0.25, -0.2) is 24.4 Å². The molecule has 0 amide bonds. The zero-order chi connectivity index (χ0) is 16.4. The SMILES string of the molecule is O=c1[nH]nc(C2CCCN(c3ncccn3)C2)n1-c1ccccc1. The Labute approximate surface area is 139 Å². The van der Waals surface area contributed by atoms with Crippen molar-refractivity contribution in [1.82, 2.24) is 24.7 Å². The van der Waals surface area contributed by atoms with Crippen molar-refractivity contribution in [3.63, 3.8) is 0 Å². The first kappa shape index (κ1) is 14.6. The lowest BCUT2D eigenvalue weighted by atomic mass is 9.97. The molecule has 1 aromatic carbocycles. The molecule has 4 rings (SSSR count). The van der Waals surface area contributed by atoms with Crippen molar-refractivity contribution >= 4 is 5.95 Å². The van der Waals surface area contributed by atoms with Crippen molar-refractivity contribution in [3.05, 3.63) is 65.1 Å². The fourth-order valence-electron chi connectivity index (χ4n) is 3.23. The Hall–Kier alpha value is -2.96. The van der Waals surface area contributed by atoms with Crippen molar-refractivity contribution in [2.45, 2.75) is 18.8 Å². The van der Waals surface area contributed by atoms with Gasteiger partial charge < -0.3 is 4.90 Å². The monoisotopic (exact) mass is 322 g/mol. The molecule has 2 aromatic heterocycles. The maximum absolute atomic E-state index is 12.2. The molecule has 1 aliphatic rings. The highest BCUT2D eigenvalue weighted by Gasteiger charge is 2.27. The summed E-state index contributed by atoms with van der Waals surface area (Å²) >= 11 is 0. The molecule has 0 bridgehead atoms. The lowest BCUT2D eigenvalue weighted by Gasteiger charge is -2.32. The van der Waals surface area contributed by atoms with E-state index in [1.807, 2.05) is 36.4 Å². The predicted octanol–water partition coefficient (Wildman–Crippen LogP) is 1.73. The van der Waals surface area contributed by atoms with E-state index in [2.05, 4.69) is 25.1 Å². The smallest absolute Gasteiger partial charge is 0.340 e. The highest BCUT2D eigenvalue weighted by molar-refractivity contribution is 5.35. The van der Waals surface area contributed by atoms with Gasteiger partial charge in [0.15, 0.2) is 0 Å². The van der Waals surface area contributed by atoms with Crippen molar-refractivity contribution in [3.8, 4) is 5.69 Å². The topological polar surface area (TPSA) is 79.7 Å². The second-order valence-electron chi connectivity index (χ2n) is 5.89. The number of aromatic nitrogens is 5. The molecule has 1 unspecified atom stereocenters. The first-order valence-corrected chi connectivity index (χ1v) is 8.07. The average molecular weight is 322 g/mol. The van der Waals surface area contributed by atoms with Crippen LogP contribution in [-0.4, -0.2) is 37.8 Å². The maximum Gasteiger partial charge on any atom is 0.347 e. The molecule has 1 aliphatic heterocycles. The molecule has 1 N–H and O–H groups in total. The van der Waals surface area contributed by atoms with Crippen molar-refractivity contribution in [1.29, 1.82) is 0 Å². The van der Waals surface area contributed by atoms with Gasteiger partial charge in [-0.05, 0) is 31.0 Å². The maximum atomic E-state index is 12.2. The number of nitrogens with zero attached hydrogens (tertiary/aromatic N) is 5. The Morgan fingerprint density at radius 3 is 2.67 bits per heavy atom. The fourth-order valence-corrected chi connectivity index (χ4v) is 3.23. The summed E-state index contributed by atoms with van der Waals surface area (Å²) < 4.78 is 1.67. The molecular weight excluding hydrogens is 304 g/mol. The minimum Gasteiger partial charge on any atom is -0.340 e. The number of piperidine rings is 1. The quantitative estimate of drug-likeness (QED) is 0.794. The molecule has 7 nitrogen and oxygen atoms in total. The molecule has 0 saturated carbocycles. The summed E-state index contributed by atoms with van der Waals surface area (Å²) in [6.07, 6.45) is 5.50. The molecule has 122 valence electrons. The molecule has 3 heterocycles. The van der Waals surface area contributed by atoms with Crippen molar-refractivity contribution in [2.24, 2.45) is 0 Å². The number of hydrogen-bond donors (Lipinski definition) is 1. The van der Waals surface area contributed by atoms with Crippen LogP contribution in [0.5, 0.6) is 0 Å². The van der Waals surface area contributed by atoms with E-state index < -0.39 is 0 Å². The second-order valence-corrected chi connectivity index (χ2v) is 5.89. The van der Waals surface area contributed by atoms with Gasteiger partial charge in [-0.1, -0.05) is 18.2 Å². The lowest BCUT2D eigenvalue weighted by molar-refractivity contribution is 0.480. The minimum atomic E-state index is -0.204. The third kappa shape index (κ3) is 2.68. The van der Waals surface area contributed by atoms with Gasteiger partial charge in [-0.3, -0.25) is 0 Å². The van der Waals surface area contributed by atoms with E-state index in [0.29, 0.717) is 0 Å². The van der Waals surface area contributed by atoms with Gasteiger partial charge in [0.2, 0.25) is 5.95 Å². The summed E-state index contributed by atoms with van der Waals surface area (Å²) in [4.78, 5) is 23.1. The van der Waals surface area contributed by atoms with Gasteiger partial charge in [0.25, 0.3) is 0 Å². The summed E-state index contributed by atoms with van der Waals surface area (Å²) in [5, 5.41) is 6.90. The number of para-hydroxylation sites is 1. The van der Waals surface area contributed by atoms with Crippen LogP contribution >= 0.6 is 0 Å². The van der Waals surface area contributed by atoms with E-state index in [4.69, 9.17) is 0 Å². The summed E-state index contributed by atoms with van der Waals surface area (Å²) in [7, 11) is 0. The van der Waals surface area contributed by atoms with Gasteiger partial charge in [-0.15, -0.1) is 0 Å². The number of rotatable bonds is 3. The number of anilines is 1. The third-order valence-electron chi connectivity index (χ3n) is 4.33. The molecule has 24 heavy (non-hydrogen) atoms. The normalized spacial score (nSPS) is 17.8. The summed E-state index contributed by atoms with van der Waals surface area (Å²) in [5.41, 5.74) is 0.628. The minimum absolute atomic E-state index is 0.154. The highest BCUT2D eigenvalue weighted by Crippen LogP contribution is 2.27. The van der Waals surface area contributed by atoms with Crippen LogP contribution in [0.25, 0.3) is 5.69 Å². The predicted molar refractivity (Wildman–Crippen MR) is 90.4 cm³/mol. The average Bonchev–Trinajstić information content (AvgIpc) is 3.05. The number of H-pyrrole nitrogens is 1. The zero-order valence-electron chi connectivity index (χ0n) is 13.2. The van der Waals surface area contributed by atoms with E-state index in [1.54, 1.807) is 17.0 Å². The van der Waals surface area contributed by atoms with Gasteiger partial charge in [0.05, 0.1) is 5.69 Å². The van der Waals surface area contributed by atoms with Crippen molar-refractivity contribution < 1.29 is 0 Å². The largest absolute Gasteiger partial charge is 0.347 e. The summed E-state index contributed by atoms with van der Waals surface area (Å²) in [6, 6.07) is 11.4. The summed E-state index contributed by atoms with van der Waals surface area (Å²) in [5.74, 6) is 1.65. The van der Waals surface area contributed by atoms with Gasteiger partial charge in [-0.2, -0.15) is 5.10 Å². The number of aromatic amines is 1. The molecule has 1 saturated heterocycles. The second kappa shape index (κ2) is 6.27. The van der Waals surface area contributed by atoms with Crippen molar-refractivity contribution in [2.75, 3.05) is 18.0 Å². The van der Waals surface area contributed by atoms with Crippen LogP contribution in [0.3, 0.4) is 0 Å². The lowest BCUT2D eigenvalue weighted by Crippen LogP contribution is -2.36. The van der Waals surface area contributed by atoms with Gasteiger partial charge >= 0.3 is 5.69 Å². The van der Waals surface area contributed by atoms with Crippen LogP contribution in [-0.2, 0) is 0 Å². The molecule has 0 spiro atoms. The molecule has 0 aliphatic carbocycles. The third-order valence-corrected chi connectivity index (χ3v) is 4.33. The Kier molecular flexibility index (Phi) is 3.82. The molecule has 3 aromatic rings. The molecule has 0 radical (unpaired) electrons. The van der Waals surface area contributed by atoms with Gasteiger partial charge in [0.1, 0.15) is 5.82 Å². The first-order valence-electron chi connectivity index (χ1n) is 8.07. The van der Waals surface area contributed by atoms with Crippen LogP contribution in [0, 0.1) is 0 Å². The zero-order valence-corrected chi connectivity index (χ0v) is 13.2. The highest BCUT2D eigenvalue weighted by atomic mass is 16.1. The summed E-state index contributed by atoms with van der Waals surface area (Å²) in [6.45, 7) is 1.67. The van der Waals surface area contributed by atoms with Crippen LogP contribution < -0.4 is 10.6 Å². The van der Waals surface area contributed by atoms with E-state index in [1.165, 1.54) is 0 Å². The van der Waals surface area contributed by atoms with Crippen LogP contribution in [0.4, 0.5) is 5.95 Å². The van der Waals surface area contributed by atoms with E-state index in [0.717, 1.165) is 43.4 Å². The van der Waals surface area contributed by atoms with Gasteiger partial charge in [0, 0.05) is 31.4 Å². The van der Waals surface area contributed by atoms with E-state index in [9.17, 15) is 4.79 Å². The van der Waals surface area contributed by atoms with E-state index in [-0.39, 0.29) is 11.6 Å². The van der Waals surface area contributed by atoms with Crippen LogP contribution in [0.15, 0.2) is 53.6 Å². The fraction of sp³-hybridized carbons (Fsp3) is 0.294. The van der Waals surface area contributed by atoms with Crippen LogP contribution in [0.1, 0.15) is 24.6 Å². The van der Waals surface area contributed by atoms with Crippen LogP contribution in [0.2, 0.25) is 0 Å². The molecule has 1 fully saturated rings. The Balaban J connectivity index is 1.66. The molecular formula is C17H18N6O. The standard InChI is InChI=1S/C17H18N6O/c24-17-21-20-15(23(17)14-7-2-1-3-8-14)13-6-4-11-22(12-13)16-18-9-5-10-19-16/h1-3,5,7-10,13H,4,6,11-12H2,(H,21,24). The number of hydrogen-bond acceptors (Lipinski definition) is 5. The first-order chi connectivity index (χ1) is 11.8. The number of nitrogens with one attached hydrogen (secondary N) is 1. The Morgan fingerprint density at radius 2 is 1.88 bits per heavy atom. The molecule has 1 atom stereocenters. The Bertz CT molecular complexity index is 858. The van der Waals surface area contributed by atoms with E-state index >= 15 is 0 Å². The molecule has 7 heteroatoms. The Morgan fingerprint density at radius 1 is 1.08 bits per heavy atom.